The van der Waals surface area contributed by atoms with Crippen LogP contribution in [0, 0.1) is 17.2 Å². The van der Waals surface area contributed by atoms with E-state index in [0.29, 0.717) is 5.57 Å². The molecule has 0 saturated carbocycles. The Kier molecular flexibility index (Phi) is 4.54. The molecule has 1 aliphatic heterocycles. The topological polar surface area (TPSA) is 44.1 Å². The van der Waals surface area contributed by atoms with Crippen molar-refractivity contribution in [2.75, 3.05) is 6.54 Å². The molecule has 0 aliphatic carbocycles. The molecule has 0 unspecified atom stereocenters. The molecule has 0 aromatic rings. The van der Waals surface area contributed by atoms with Crippen LogP contribution in [-0.2, 0) is 4.79 Å². The van der Waals surface area contributed by atoms with Gasteiger partial charge in [-0.05, 0) is 32.1 Å². The lowest BCUT2D eigenvalue weighted by molar-refractivity contribution is -0.129. The maximum absolute atomic E-state index is 12.1. The fourth-order valence-electron chi connectivity index (χ4n) is 2.04. The van der Waals surface area contributed by atoms with Gasteiger partial charge < -0.3 is 4.90 Å². The molecule has 1 heterocycles. The Morgan fingerprint density at radius 1 is 1.50 bits per heavy atom. The predicted molar refractivity (Wildman–Crippen MR) is 63.6 cm³/mol. The number of likely N-dealkylation sites (tertiary alicyclic amines) is 1. The van der Waals surface area contributed by atoms with Gasteiger partial charge in [-0.1, -0.05) is 19.9 Å². The Labute approximate surface area is 97.7 Å². The van der Waals surface area contributed by atoms with Crippen LogP contribution in [0.2, 0.25) is 0 Å². The average molecular weight is 220 g/mol. The molecule has 3 heteroatoms. The quantitative estimate of drug-likeness (QED) is 0.530. The van der Waals surface area contributed by atoms with E-state index in [9.17, 15) is 4.79 Å². The highest BCUT2D eigenvalue weighted by atomic mass is 16.2. The van der Waals surface area contributed by atoms with E-state index in [4.69, 9.17) is 5.26 Å². The SMILES string of the molecule is CC(C)/C=C(\C#N)C(=O)N1CCCC[C@H]1C. The Morgan fingerprint density at radius 3 is 2.69 bits per heavy atom. The monoisotopic (exact) mass is 220 g/mol. The summed E-state index contributed by atoms with van der Waals surface area (Å²) in [6, 6.07) is 2.29. The first kappa shape index (κ1) is 12.8. The van der Waals surface area contributed by atoms with Crippen molar-refractivity contribution >= 4 is 5.91 Å². The van der Waals surface area contributed by atoms with Crippen molar-refractivity contribution < 1.29 is 4.79 Å². The Bertz CT molecular complexity index is 325. The molecule has 1 rings (SSSR count). The second kappa shape index (κ2) is 5.69. The van der Waals surface area contributed by atoms with Crippen molar-refractivity contribution in [3.8, 4) is 6.07 Å². The number of nitrogens with zero attached hydrogens (tertiary/aromatic N) is 2. The maximum Gasteiger partial charge on any atom is 0.264 e. The van der Waals surface area contributed by atoms with Gasteiger partial charge in [-0.3, -0.25) is 4.79 Å². The molecular weight excluding hydrogens is 200 g/mol. The number of allylic oxidation sites excluding steroid dienone is 1. The van der Waals surface area contributed by atoms with Crippen molar-refractivity contribution in [1.29, 1.82) is 5.26 Å². The van der Waals surface area contributed by atoms with Gasteiger partial charge >= 0.3 is 0 Å². The smallest absolute Gasteiger partial charge is 0.264 e. The van der Waals surface area contributed by atoms with E-state index in [-0.39, 0.29) is 17.9 Å². The van der Waals surface area contributed by atoms with Crippen LogP contribution in [0.3, 0.4) is 0 Å². The highest BCUT2D eigenvalue weighted by Crippen LogP contribution is 2.19. The van der Waals surface area contributed by atoms with Crippen molar-refractivity contribution in [2.45, 2.75) is 46.1 Å². The number of carbonyl (C=O) groups excluding carboxylic acids is 1. The van der Waals surface area contributed by atoms with Crippen molar-refractivity contribution in [3.05, 3.63) is 11.6 Å². The summed E-state index contributed by atoms with van der Waals surface area (Å²) < 4.78 is 0. The summed E-state index contributed by atoms with van der Waals surface area (Å²) in [5.74, 6) is 0.141. The first-order valence-electron chi connectivity index (χ1n) is 5.99. The molecular formula is C13H20N2O. The largest absolute Gasteiger partial charge is 0.335 e. The van der Waals surface area contributed by atoms with Crippen LogP contribution < -0.4 is 0 Å². The number of carbonyl (C=O) groups is 1. The van der Waals surface area contributed by atoms with Crippen LogP contribution in [0.4, 0.5) is 0 Å². The van der Waals surface area contributed by atoms with Gasteiger partial charge in [0.25, 0.3) is 5.91 Å². The van der Waals surface area contributed by atoms with Crippen LogP contribution in [0.15, 0.2) is 11.6 Å². The summed E-state index contributed by atoms with van der Waals surface area (Å²) >= 11 is 0. The standard InChI is InChI=1S/C13H20N2O/c1-10(2)8-12(9-14)13(16)15-7-5-4-6-11(15)3/h8,10-11H,4-7H2,1-3H3/b12-8+/t11-/m1/s1. The lowest BCUT2D eigenvalue weighted by atomic mass is 10.0. The van der Waals surface area contributed by atoms with Gasteiger partial charge in [-0.15, -0.1) is 0 Å². The molecule has 16 heavy (non-hydrogen) atoms. The summed E-state index contributed by atoms with van der Waals surface area (Å²) in [5.41, 5.74) is 0.295. The van der Waals surface area contributed by atoms with E-state index in [1.807, 2.05) is 24.8 Å². The summed E-state index contributed by atoms with van der Waals surface area (Å²) in [7, 11) is 0. The molecule has 0 aromatic heterocycles. The van der Waals surface area contributed by atoms with E-state index >= 15 is 0 Å². The zero-order valence-electron chi connectivity index (χ0n) is 10.4. The predicted octanol–water partition coefficient (Wildman–Crippen LogP) is 2.49. The van der Waals surface area contributed by atoms with Crippen molar-refractivity contribution in [2.24, 2.45) is 5.92 Å². The lowest BCUT2D eigenvalue weighted by Gasteiger charge is -2.33. The second-order valence-corrected chi connectivity index (χ2v) is 4.78. The highest BCUT2D eigenvalue weighted by Gasteiger charge is 2.25. The van der Waals surface area contributed by atoms with Crippen LogP contribution in [0.1, 0.15) is 40.0 Å². The van der Waals surface area contributed by atoms with E-state index in [0.717, 1.165) is 19.4 Å². The van der Waals surface area contributed by atoms with E-state index in [2.05, 4.69) is 6.92 Å². The Morgan fingerprint density at radius 2 is 2.19 bits per heavy atom. The first-order chi connectivity index (χ1) is 7.56. The summed E-state index contributed by atoms with van der Waals surface area (Å²) in [4.78, 5) is 13.9. The fourth-order valence-corrected chi connectivity index (χ4v) is 2.04. The zero-order chi connectivity index (χ0) is 12.1. The number of rotatable bonds is 2. The molecule has 0 radical (unpaired) electrons. The van der Waals surface area contributed by atoms with Crippen LogP contribution in [-0.4, -0.2) is 23.4 Å². The summed E-state index contributed by atoms with van der Waals surface area (Å²) in [5, 5.41) is 9.00. The molecule has 1 amide bonds. The first-order valence-corrected chi connectivity index (χ1v) is 5.99. The lowest BCUT2D eigenvalue weighted by Crippen LogP contribution is -2.42. The third kappa shape index (κ3) is 3.10. The number of nitriles is 1. The molecule has 3 nitrogen and oxygen atoms in total. The molecule has 1 aliphatic rings. The molecule has 0 N–H and O–H groups in total. The highest BCUT2D eigenvalue weighted by molar-refractivity contribution is 5.97. The third-order valence-corrected chi connectivity index (χ3v) is 2.91. The third-order valence-electron chi connectivity index (χ3n) is 2.91. The summed E-state index contributed by atoms with van der Waals surface area (Å²) in [6.45, 7) is 6.80. The summed E-state index contributed by atoms with van der Waals surface area (Å²) in [6.07, 6.45) is 5.03. The van der Waals surface area contributed by atoms with Gasteiger partial charge in [0, 0.05) is 12.6 Å². The number of amides is 1. The van der Waals surface area contributed by atoms with Gasteiger partial charge in [0.2, 0.25) is 0 Å². The zero-order valence-corrected chi connectivity index (χ0v) is 10.4. The van der Waals surface area contributed by atoms with Gasteiger partial charge in [-0.25, -0.2) is 0 Å². The van der Waals surface area contributed by atoms with Gasteiger partial charge in [0.15, 0.2) is 0 Å². The van der Waals surface area contributed by atoms with Crippen molar-refractivity contribution in [3.63, 3.8) is 0 Å². The number of hydrogen-bond donors (Lipinski definition) is 0. The minimum absolute atomic E-state index is 0.0941. The molecule has 1 fully saturated rings. The van der Waals surface area contributed by atoms with Crippen LogP contribution >= 0.6 is 0 Å². The van der Waals surface area contributed by atoms with Gasteiger partial charge in [0.05, 0.1) is 0 Å². The maximum atomic E-state index is 12.1. The molecule has 1 atom stereocenters. The second-order valence-electron chi connectivity index (χ2n) is 4.78. The van der Waals surface area contributed by atoms with Gasteiger partial charge in [0.1, 0.15) is 11.6 Å². The Balaban J connectivity index is 2.79. The molecule has 88 valence electrons. The molecule has 0 spiro atoms. The Hall–Kier alpha value is -1.30. The minimum Gasteiger partial charge on any atom is -0.335 e. The van der Waals surface area contributed by atoms with Crippen molar-refractivity contribution in [1.82, 2.24) is 4.90 Å². The minimum atomic E-state index is -0.0941. The van der Waals surface area contributed by atoms with Gasteiger partial charge in [-0.2, -0.15) is 5.26 Å². The van der Waals surface area contributed by atoms with E-state index < -0.39 is 0 Å². The van der Waals surface area contributed by atoms with Crippen LogP contribution in [0.5, 0.6) is 0 Å². The molecule has 0 aromatic carbocycles. The number of hydrogen-bond acceptors (Lipinski definition) is 2. The molecule has 0 bridgehead atoms. The fraction of sp³-hybridized carbons (Fsp3) is 0.692. The van der Waals surface area contributed by atoms with E-state index in [1.165, 1.54) is 6.42 Å². The normalized spacial score (nSPS) is 22.1. The number of piperidine rings is 1. The van der Waals surface area contributed by atoms with Crippen LogP contribution in [0.25, 0.3) is 0 Å². The van der Waals surface area contributed by atoms with E-state index in [1.54, 1.807) is 6.08 Å². The average Bonchev–Trinajstić information content (AvgIpc) is 2.25. The molecule has 1 saturated heterocycles.